The molecule has 2 aromatic rings. The van der Waals surface area contributed by atoms with Gasteiger partial charge < -0.3 is 20.7 Å². The minimum atomic E-state index is -0.365. The number of nitrogens with zero attached hydrogens (tertiary/aromatic N) is 2. The summed E-state index contributed by atoms with van der Waals surface area (Å²) in [4.78, 5) is 21.5. The van der Waals surface area contributed by atoms with E-state index < -0.39 is 0 Å². The molecule has 0 aromatic carbocycles. The molecule has 1 saturated carbocycles. The summed E-state index contributed by atoms with van der Waals surface area (Å²) >= 11 is 0. The van der Waals surface area contributed by atoms with E-state index in [0.717, 1.165) is 36.6 Å². The van der Waals surface area contributed by atoms with Gasteiger partial charge >= 0.3 is 5.97 Å². The van der Waals surface area contributed by atoms with Crippen LogP contribution in [0.5, 0.6) is 0 Å². The Balaban J connectivity index is 1.60. The molecule has 1 atom stereocenters. The van der Waals surface area contributed by atoms with E-state index in [0.29, 0.717) is 23.5 Å². The number of rotatable bonds is 6. The summed E-state index contributed by atoms with van der Waals surface area (Å²) in [6.07, 6.45) is 9.06. The first-order valence-corrected chi connectivity index (χ1v) is 10.5. The van der Waals surface area contributed by atoms with Crippen LogP contribution in [0.15, 0.2) is 30.5 Å². The van der Waals surface area contributed by atoms with Crippen molar-refractivity contribution in [1.29, 1.82) is 0 Å². The van der Waals surface area contributed by atoms with E-state index in [1.807, 2.05) is 12.1 Å². The van der Waals surface area contributed by atoms with Crippen molar-refractivity contribution in [1.82, 2.24) is 15.3 Å². The molecule has 29 heavy (non-hydrogen) atoms. The molecule has 3 heterocycles. The topological polar surface area (TPSA) is 88.2 Å². The number of hydrogen-bond donors (Lipinski definition) is 3. The molecule has 1 aliphatic heterocycles. The van der Waals surface area contributed by atoms with Crippen LogP contribution in [0.1, 0.15) is 48.9 Å². The fourth-order valence-electron chi connectivity index (χ4n) is 4.10. The number of esters is 1. The molecule has 0 spiro atoms. The molecule has 3 N–H and O–H groups in total. The van der Waals surface area contributed by atoms with E-state index in [1.54, 1.807) is 18.3 Å². The van der Waals surface area contributed by atoms with Crippen LogP contribution in [0.3, 0.4) is 0 Å². The third-order valence-corrected chi connectivity index (χ3v) is 5.67. The zero-order valence-electron chi connectivity index (χ0n) is 16.9. The van der Waals surface area contributed by atoms with Crippen LogP contribution >= 0.6 is 0 Å². The van der Waals surface area contributed by atoms with Gasteiger partial charge in [-0.25, -0.2) is 14.8 Å². The van der Waals surface area contributed by atoms with Crippen molar-refractivity contribution in [3.05, 3.63) is 36.0 Å². The molecule has 0 bridgehead atoms. The maximum Gasteiger partial charge on any atom is 0.338 e. The average Bonchev–Trinajstić information content (AvgIpc) is 3.27. The van der Waals surface area contributed by atoms with Gasteiger partial charge in [0.15, 0.2) is 0 Å². The standard InChI is InChI=1S/C22H29N5O2/c1-29-22(28)16-11-19(27-21(13-16)26-18-8-9-23-14-18)15-7-10-24-20(12-15)25-17-5-3-2-4-6-17/h7,10-13,17-18,23H,2-6,8-9,14H2,1H3,(H,24,25)(H,26,27)/t18-/m1/s1. The predicted molar refractivity (Wildman–Crippen MR) is 114 cm³/mol. The highest BCUT2D eigenvalue weighted by Crippen LogP contribution is 2.26. The van der Waals surface area contributed by atoms with Crippen molar-refractivity contribution < 1.29 is 9.53 Å². The van der Waals surface area contributed by atoms with Crippen molar-refractivity contribution in [3.63, 3.8) is 0 Å². The highest BCUT2D eigenvalue weighted by atomic mass is 16.5. The molecule has 2 aliphatic rings. The van der Waals surface area contributed by atoms with E-state index in [-0.39, 0.29) is 5.97 Å². The van der Waals surface area contributed by atoms with Crippen molar-refractivity contribution in [2.45, 2.75) is 50.6 Å². The summed E-state index contributed by atoms with van der Waals surface area (Å²) < 4.78 is 4.94. The summed E-state index contributed by atoms with van der Waals surface area (Å²) in [7, 11) is 1.40. The molecular weight excluding hydrogens is 366 g/mol. The van der Waals surface area contributed by atoms with Crippen molar-refractivity contribution in [3.8, 4) is 11.3 Å². The number of ether oxygens (including phenoxy) is 1. The van der Waals surface area contributed by atoms with Crippen LogP contribution in [0.2, 0.25) is 0 Å². The summed E-state index contributed by atoms with van der Waals surface area (Å²) in [5, 5.41) is 10.3. The summed E-state index contributed by atoms with van der Waals surface area (Å²) in [6.45, 7) is 1.88. The van der Waals surface area contributed by atoms with Crippen LogP contribution in [-0.4, -0.2) is 48.2 Å². The second kappa shape index (κ2) is 9.22. The molecular formula is C22H29N5O2. The lowest BCUT2D eigenvalue weighted by molar-refractivity contribution is 0.0600. The number of pyridine rings is 2. The van der Waals surface area contributed by atoms with Crippen LogP contribution in [0, 0.1) is 0 Å². The largest absolute Gasteiger partial charge is 0.465 e. The Hall–Kier alpha value is -2.67. The average molecular weight is 396 g/mol. The smallest absolute Gasteiger partial charge is 0.338 e. The van der Waals surface area contributed by atoms with Gasteiger partial charge in [0, 0.05) is 30.4 Å². The van der Waals surface area contributed by atoms with Gasteiger partial charge in [0.1, 0.15) is 11.6 Å². The number of hydrogen-bond acceptors (Lipinski definition) is 7. The van der Waals surface area contributed by atoms with E-state index in [9.17, 15) is 4.79 Å². The van der Waals surface area contributed by atoms with Gasteiger partial charge in [0.05, 0.1) is 18.4 Å². The number of aromatic nitrogens is 2. The maximum absolute atomic E-state index is 12.2. The van der Waals surface area contributed by atoms with Crippen LogP contribution in [0.25, 0.3) is 11.3 Å². The molecule has 0 unspecified atom stereocenters. The first-order chi connectivity index (χ1) is 14.2. The van der Waals surface area contributed by atoms with Crippen LogP contribution in [0.4, 0.5) is 11.6 Å². The molecule has 7 heteroatoms. The lowest BCUT2D eigenvalue weighted by Gasteiger charge is -2.23. The normalized spacial score (nSPS) is 19.7. The number of carbonyl (C=O) groups excluding carboxylic acids is 1. The van der Waals surface area contributed by atoms with Gasteiger partial charge in [-0.2, -0.15) is 0 Å². The number of carbonyl (C=O) groups is 1. The lowest BCUT2D eigenvalue weighted by atomic mass is 9.95. The van der Waals surface area contributed by atoms with E-state index in [1.165, 1.54) is 39.2 Å². The second-order valence-corrected chi connectivity index (χ2v) is 7.86. The molecule has 0 amide bonds. The van der Waals surface area contributed by atoms with Crippen molar-refractivity contribution in [2.75, 3.05) is 30.8 Å². The van der Waals surface area contributed by atoms with Gasteiger partial charge in [-0.3, -0.25) is 0 Å². The minimum absolute atomic E-state index is 0.309. The molecule has 4 rings (SSSR count). The Morgan fingerprint density at radius 2 is 1.90 bits per heavy atom. The number of anilines is 2. The van der Waals surface area contributed by atoms with Gasteiger partial charge in [-0.1, -0.05) is 19.3 Å². The quantitative estimate of drug-likeness (QED) is 0.646. The first kappa shape index (κ1) is 19.6. The molecule has 1 aliphatic carbocycles. The monoisotopic (exact) mass is 395 g/mol. The molecule has 154 valence electrons. The third-order valence-electron chi connectivity index (χ3n) is 5.67. The zero-order valence-corrected chi connectivity index (χ0v) is 16.9. The van der Waals surface area contributed by atoms with Crippen molar-refractivity contribution >= 4 is 17.6 Å². The predicted octanol–water partition coefficient (Wildman–Crippen LogP) is 3.45. The van der Waals surface area contributed by atoms with Crippen LogP contribution < -0.4 is 16.0 Å². The fourth-order valence-corrected chi connectivity index (χ4v) is 4.10. The van der Waals surface area contributed by atoms with Gasteiger partial charge in [0.2, 0.25) is 0 Å². The zero-order chi connectivity index (χ0) is 20.1. The summed E-state index contributed by atoms with van der Waals surface area (Å²) in [5.41, 5.74) is 2.15. The summed E-state index contributed by atoms with van der Waals surface area (Å²) in [5.74, 6) is 1.18. The molecule has 2 fully saturated rings. The molecule has 1 saturated heterocycles. The molecule has 7 nitrogen and oxygen atoms in total. The Kier molecular flexibility index (Phi) is 6.24. The van der Waals surface area contributed by atoms with Gasteiger partial charge in [-0.15, -0.1) is 0 Å². The first-order valence-electron chi connectivity index (χ1n) is 10.5. The Labute approximate surface area is 171 Å². The highest BCUT2D eigenvalue weighted by molar-refractivity contribution is 5.91. The molecule has 0 radical (unpaired) electrons. The molecule has 2 aromatic heterocycles. The van der Waals surface area contributed by atoms with Crippen molar-refractivity contribution in [2.24, 2.45) is 0 Å². The lowest BCUT2D eigenvalue weighted by Crippen LogP contribution is -2.23. The Morgan fingerprint density at radius 1 is 1.07 bits per heavy atom. The Bertz CT molecular complexity index is 845. The highest BCUT2D eigenvalue weighted by Gasteiger charge is 2.18. The maximum atomic E-state index is 12.2. The summed E-state index contributed by atoms with van der Waals surface area (Å²) in [6, 6.07) is 8.27. The fraction of sp³-hybridized carbons (Fsp3) is 0.500. The second-order valence-electron chi connectivity index (χ2n) is 7.86. The van der Waals surface area contributed by atoms with E-state index >= 15 is 0 Å². The van der Waals surface area contributed by atoms with Crippen LogP contribution in [-0.2, 0) is 4.74 Å². The Morgan fingerprint density at radius 3 is 2.66 bits per heavy atom. The number of methoxy groups -OCH3 is 1. The van der Waals surface area contributed by atoms with Gasteiger partial charge in [-0.05, 0) is 50.1 Å². The number of nitrogens with one attached hydrogen (secondary N) is 3. The van der Waals surface area contributed by atoms with E-state index in [4.69, 9.17) is 9.72 Å². The van der Waals surface area contributed by atoms with Gasteiger partial charge in [0.25, 0.3) is 0 Å². The minimum Gasteiger partial charge on any atom is -0.465 e. The SMILES string of the molecule is COC(=O)c1cc(N[C@@H]2CCNC2)nc(-c2ccnc(NC3CCCCC3)c2)c1. The third kappa shape index (κ3) is 5.03. The van der Waals surface area contributed by atoms with E-state index in [2.05, 4.69) is 20.9 Å².